The van der Waals surface area contributed by atoms with Crippen LogP contribution in [0.4, 0.5) is 5.82 Å². The van der Waals surface area contributed by atoms with E-state index in [1.807, 2.05) is 36.4 Å². The zero-order valence-electron chi connectivity index (χ0n) is 24.3. The van der Waals surface area contributed by atoms with E-state index in [1.54, 1.807) is 36.4 Å². The van der Waals surface area contributed by atoms with Gasteiger partial charge in [-0.1, -0.05) is 66.7 Å². The summed E-state index contributed by atoms with van der Waals surface area (Å²) in [5, 5.41) is 25.8. The van der Waals surface area contributed by atoms with Crippen LogP contribution in [0, 0.1) is 0 Å². The molecule has 1 aliphatic rings. The number of nitrogens with two attached hydrogens (primary N) is 1. The number of carbonyl (C=O) groups excluding carboxylic acids is 1. The van der Waals surface area contributed by atoms with Crippen LogP contribution in [-0.2, 0) is 30.0 Å². The highest BCUT2D eigenvalue weighted by Crippen LogP contribution is 2.48. The maximum absolute atomic E-state index is 14.3. The molecule has 14 nitrogen and oxygen atoms in total. The molecule has 2 unspecified atom stereocenters. The highest BCUT2D eigenvalue weighted by atomic mass is 35.5. The largest absolute Gasteiger partial charge is 0.460 e. The number of hydrogen-bond acceptors (Lipinski definition) is 12. The molecule has 240 valence electrons. The van der Waals surface area contributed by atoms with E-state index < -0.39 is 50.9 Å². The van der Waals surface area contributed by atoms with Crippen LogP contribution >= 0.6 is 19.3 Å². The summed E-state index contributed by atoms with van der Waals surface area (Å²) in [6, 6.07) is 20.4. The van der Waals surface area contributed by atoms with Crippen molar-refractivity contribution in [3.8, 4) is 5.75 Å². The molecule has 46 heavy (non-hydrogen) atoms. The summed E-state index contributed by atoms with van der Waals surface area (Å²) in [4.78, 5) is 25.1. The first kappa shape index (κ1) is 31.8. The molecule has 5 aromatic rings. The summed E-state index contributed by atoms with van der Waals surface area (Å²) >= 11 is 6.33. The van der Waals surface area contributed by atoms with Crippen molar-refractivity contribution in [3.63, 3.8) is 0 Å². The Balaban J connectivity index is 1.22. The van der Waals surface area contributed by atoms with E-state index in [0.29, 0.717) is 5.39 Å². The van der Waals surface area contributed by atoms with Crippen LogP contribution in [0.1, 0.15) is 18.7 Å². The summed E-state index contributed by atoms with van der Waals surface area (Å²) in [5.74, 6) is -0.421. The van der Waals surface area contributed by atoms with Crippen molar-refractivity contribution in [2.45, 2.75) is 44.1 Å². The number of esters is 1. The summed E-state index contributed by atoms with van der Waals surface area (Å²) in [5.41, 5.74) is 7.01. The molecule has 0 amide bonds. The van der Waals surface area contributed by atoms with E-state index in [4.69, 9.17) is 35.9 Å². The van der Waals surface area contributed by atoms with E-state index in [1.165, 1.54) is 17.8 Å². The molecule has 0 radical (unpaired) electrons. The van der Waals surface area contributed by atoms with Gasteiger partial charge < -0.3 is 29.9 Å². The lowest BCUT2D eigenvalue weighted by molar-refractivity contribution is -0.146. The fraction of sp³-hybridized carbons (Fsp3) is 0.267. The Labute approximate surface area is 267 Å². The lowest BCUT2D eigenvalue weighted by atomic mass is 10.1. The summed E-state index contributed by atoms with van der Waals surface area (Å²) < 4.78 is 38.6. The summed E-state index contributed by atoms with van der Waals surface area (Å²) in [6.45, 7) is 0.928. The number of carbonyl (C=O) groups is 1. The summed E-state index contributed by atoms with van der Waals surface area (Å²) in [7, 11) is -4.39. The van der Waals surface area contributed by atoms with Gasteiger partial charge in [-0.05, 0) is 35.5 Å². The second-order valence-corrected chi connectivity index (χ2v) is 12.6. The molecule has 6 atom stereocenters. The zero-order chi connectivity index (χ0) is 32.4. The molecule has 3 aromatic carbocycles. The SMILES string of the molecule is C[C@H](NP(=O)(OC[C@H]1O[C@@H](n2c(Cl)nc3c(N)ncnc32)[C@@H](O)C1O)Oc1cccc2ccccc12)C(=O)OCc1ccccc1. The minimum absolute atomic E-state index is 0.00444. The van der Waals surface area contributed by atoms with Crippen molar-refractivity contribution < 1.29 is 38.1 Å². The van der Waals surface area contributed by atoms with Gasteiger partial charge >= 0.3 is 13.7 Å². The fourth-order valence-corrected chi connectivity index (χ4v) is 6.80. The third kappa shape index (κ3) is 6.55. The van der Waals surface area contributed by atoms with Gasteiger partial charge in [-0.3, -0.25) is 13.9 Å². The molecule has 0 aliphatic carbocycles. The fourth-order valence-electron chi connectivity index (χ4n) is 5.02. The van der Waals surface area contributed by atoms with E-state index >= 15 is 0 Å². The van der Waals surface area contributed by atoms with Crippen LogP contribution in [-0.4, -0.2) is 66.7 Å². The van der Waals surface area contributed by atoms with Crippen LogP contribution in [0.15, 0.2) is 79.1 Å². The molecular weight excluding hydrogens is 639 g/mol. The molecular formula is C30H30ClN6O8P. The highest BCUT2D eigenvalue weighted by molar-refractivity contribution is 7.52. The predicted octanol–water partition coefficient (Wildman–Crippen LogP) is 3.76. The molecule has 5 N–H and O–H groups in total. The average Bonchev–Trinajstić information content (AvgIpc) is 3.54. The number of nitrogens with one attached hydrogen (secondary N) is 1. The second kappa shape index (κ2) is 13.3. The highest BCUT2D eigenvalue weighted by Gasteiger charge is 2.47. The van der Waals surface area contributed by atoms with Gasteiger partial charge in [-0.15, -0.1) is 0 Å². The molecule has 6 rings (SSSR count). The van der Waals surface area contributed by atoms with Crippen molar-refractivity contribution in [3.05, 3.63) is 90.0 Å². The normalized spacial score (nSPS) is 21.7. The van der Waals surface area contributed by atoms with Gasteiger partial charge in [0, 0.05) is 5.39 Å². The Bertz CT molecular complexity index is 1910. The van der Waals surface area contributed by atoms with E-state index in [9.17, 15) is 19.6 Å². The van der Waals surface area contributed by atoms with Gasteiger partial charge in [0.05, 0.1) is 6.61 Å². The van der Waals surface area contributed by atoms with Gasteiger partial charge in [0.25, 0.3) is 0 Å². The van der Waals surface area contributed by atoms with E-state index in [0.717, 1.165) is 10.9 Å². The predicted molar refractivity (Wildman–Crippen MR) is 168 cm³/mol. The molecule has 0 bridgehead atoms. The maximum Gasteiger partial charge on any atom is 0.459 e. The number of aromatic nitrogens is 4. The van der Waals surface area contributed by atoms with Crippen LogP contribution in [0.3, 0.4) is 0 Å². The van der Waals surface area contributed by atoms with Crippen LogP contribution in [0.5, 0.6) is 5.75 Å². The zero-order valence-corrected chi connectivity index (χ0v) is 26.0. The number of imidazole rings is 1. The van der Waals surface area contributed by atoms with Gasteiger partial charge in [0.15, 0.2) is 23.2 Å². The maximum atomic E-state index is 14.3. The third-order valence-electron chi connectivity index (χ3n) is 7.36. The Morgan fingerprint density at radius 2 is 1.83 bits per heavy atom. The number of aliphatic hydroxyl groups excluding tert-OH is 2. The van der Waals surface area contributed by atoms with Crippen molar-refractivity contribution in [1.82, 2.24) is 24.6 Å². The van der Waals surface area contributed by atoms with Gasteiger partial charge in [-0.2, -0.15) is 5.09 Å². The number of hydrogen-bond donors (Lipinski definition) is 4. The number of fused-ring (bicyclic) bond motifs is 2. The number of nitrogen functional groups attached to an aromatic ring is 1. The lowest BCUT2D eigenvalue weighted by Gasteiger charge is -2.25. The number of benzene rings is 3. The smallest absolute Gasteiger partial charge is 0.459 e. The average molecular weight is 669 g/mol. The van der Waals surface area contributed by atoms with Crippen LogP contribution in [0.2, 0.25) is 5.28 Å². The Kier molecular flexibility index (Phi) is 9.20. The first-order chi connectivity index (χ1) is 22.1. The first-order valence-electron chi connectivity index (χ1n) is 14.2. The number of aliphatic hydroxyl groups is 2. The molecule has 1 aliphatic heterocycles. The topological polar surface area (TPSA) is 193 Å². The molecule has 0 spiro atoms. The van der Waals surface area contributed by atoms with Gasteiger partial charge in [0.1, 0.15) is 43.0 Å². The summed E-state index contributed by atoms with van der Waals surface area (Å²) in [6.07, 6.45) is -4.31. The van der Waals surface area contributed by atoms with Crippen molar-refractivity contribution in [2.24, 2.45) is 0 Å². The molecule has 1 saturated heterocycles. The van der Waals surface area contributed by atoms with Crippen molar-refractivity contribution >= 4 is 53.1 Å². The third-order valence-corrected chi connectivity index (χ3v) is 9.26. The lowest BCUT2D eigenvalue weighted by Crippen LogP contribution is -2.37. The van der Waals surface area contributed by atoms with Crippen molar-refractivity contribution in [1.29, 1.82) is 0 Å². The number of halogens is 1. The number of nitrogens with zero attached hydrogens (tertiary/aromatic N) is 4. The second-order valence-electron chi connectivity index (χ2n) is 10.5. The van der Waals surface area contributed by atoms with E-state index in [-0.39, 0.29) is 34.6 Å². The van der Waals surface area contributed by atoms with Gasteiger partial charge in [0.2, 0.25) is 5.28 Å². The van der Waals surface area contributed by atoms with Crippen LogP contribution < -0.4 is 15.3 Å². The first-order valence-corrected chi connectivity index (χ1v) is 16.1. The van der Waals surface area contributed by atoms with Crippen molar-refractivity contribution in [2.75, 3.05) is 12.3 Å². The Morgan fingerprint density at radius 1 is 1.09 bits per heavy atom. The molecule has 1 fully saturated rings. The van der Waals surface area contributed by atoms with Gasteiger partial charge in [-0.25, -0.2) is 19.5 Å². The Hall–Kier alpha value is -4.14. The van der Waals surface area contributed by atoms with E-state index in [2.05, 4.69) is 20.0 Å². The van der Waals surface area contributed by atoms with Crippen LogP contribution in [0.25, 0.3) is 21.9 Å². The molecule has 2 aromatic heterocycles. The molecule has 3 heterocycles. The number of anilines is 1. The Morgan fingerprint density at radius 3 is 2.63 bits per heavy atom. The molecule has 16 heteroatoms. The number of ether oxygens (including phenoxy) is 2. The minimum atomic E-state index is -4.39. The monoisotopic (exact) mass is 668 g/mol. The quantitative estimate of drug-likeness (QED) is 0.0904. The minimum Gasteiger partial charge on any atom is -0.460 e. The number of rotatable bonds is 11. The standard InChI is InChI=1S/C30H30ClN6O8P/c1-17(29(40)42-14-18-8-3-2-4-9-18)36-46(41,45-21-13-7-11-19-10-5-6-12-20(19)21)43-15-22-24(38)25(39)28(44-22)37-27-23(35-30(37)31)26(32)33-16-34-27/h2-13,16-17,22,24-25,28,38-39H,14-15H2,1H3,(H,36,41)(H2,32,33,34)/t17-,22+,24?,25-,28+,46?/m0/s1. The molecule has 0 saturated carbocycles.